The van der Waals surface area contributed by atoms with Crippen LogP contribution in [0.25, 0.3) is 0 Å². The summed E-state index contributed by atoms with van der Waals surface area (Å²) in [6.45, 7) is 5.90. The lowest BCUT2D eigenvalue weighted by Crippen LogP contribution is -2.43. The van der Waals surface area contributed by atoms with E-state index in [1.807, 2.05) is 24.1 Å². The number of carbonyl (C=O) groups excluding carboxylic acids is 1. The number of hydrogen-bond acceptors (Lipinski definition) is 4. The summed E-state index contributed by atoms with van der Waals surface area (Å²) in [5.74, 6) is 0.382. The summed E-state index contributed by atoms with van der Waals surface area (Å²) >= 11 is 0. The molecule has 0 bridgehead atoms. The molecule has 30 heavy (non-hydrogen) atoms. The Kier molecular flexibility index (Phi) is 7.92. The Bertz CT molecular complexity index is 817. The molecule has 2 fully saturated rings. The number of ether oxygens (including phenoxy) is 1. The van der Waals surface area contributed by atoms with E-state index in [9.17, 15) is 4.79 Å². The predicted octanol–water partition coefficient (Wildman–Crippen LogP) is 2.70. The van der Waals surface area contributed by atoms with Gasteiger partial charge in [-0.3, -0.25) is 9.48 Å². The summed E-state index contributed by atoms with van der Waals surface area (Å²) in [5.41, 5.74) is 3.68. The van der Waals surface area contributed by atoms with Crippen molar-refractivity contribution in [3.8, 4) is 0 Å². The van der Waals surface area contributed by atoms with Crippen molar-refractivity contribution in [3.05, 3.63) is 53.3 Å². The molecule has 3 heterocycles. The molecule has 1 aromatic heterocycles. The van der Waals surface area contributed by atoms with E-state index in [2.05, 4.69) is 46.5 Å². The molecule has 4 rings (SSSR count). The molecule has 2 aliphatic rings. The second kappa shape index (κ2) is 10.4. The van der Waals surface area contributed by atoms with Crippen LogP contribution in [0.1, 0.15) is 35.4 Å². The molecule has 0 aliphatic carbocycles. The topological polar surface area (TPSA) is 59.4 Å². The van der Waals surface area contributed by atoms with E-state index in [-0.39, 0.29) is 36.3 Å². The van der Waals surface area contributed by atoms with Crippen LogP contribution in [0.2, 0.25) is 0 Å². The Morgan fingerprint density at radius 1 is 1.30 bits per heavy atom. The normalized spacial score (nSPS) is 23.3. The van der Waals surface area contributed by atoms with Gasteiger partial charge in [0.05, 0.1) is 18.2 Å². The van der Waals surface area contributed by atoms with Gasteiger partial charge >= 0.3 is 0 Å². The third-order valence-corrected chi connectivity index (χ3v) is 6.24. The number of halogens is 1. The van der Waals surface area contributed by atoms with Crippen molar-refractivity contribution >= 4 is 18.3 Å². The van der Waals surface area contributed by atoms with Gasteiger partial charge in [-0.05, 0) is 37.3 Å². The lowest BCUT2D eigenvalue weighted by Gasteiger charge is -2.30. The lowest BCUT2D eigenvalue weighted by atomic mass is 9.89. The Morgan fingerprint density at radius 3 is 2.77 bits per heavy atom. The summed E-state index contributed by atoms with van der Waals surface area (Å²) in [7, 11) is 1.92. The van der Waals surface area contributed by atoms with Gasteiger partial charge in [0.25, 0.3) is 0 Å². The SMILES string of the molecule is Cc1ccc(CCN(CC2CCCO2)C(=O)[C@H]2CNC[C@@H]2c2cnn(C)c2)cc1.Cl. The third kappa shape index (κ3) is 5.42. The van der Waals surface area contributed by atoms with Gasteiger partial charge in [-0.1, -0.05) is 29.8 Å². The highest BCUT2D eigenvalue weighted by molar-refractivity contribution is 5.85. The van der Waals surface area contributed by atoms with E-state index in [0.29, 0.717) is 6.54 Å². The van der Waals surface area contributed by atoms with Gasteiger partial charge < -0.3 is 15.0 Å². The molecule has 1 N–H and O–H groups in total. The van der Waals surface area contributed by atoms with Crippen LogP contribution in [0.5, 0.6) is 0 Å². The second-order valence-electron chi connectivity index (χ2n) is 8.47. The number of nitrogens with zero attached hydrogens (tertiary/aromatic N) is 3. The summed E-state index contributed by atoms with van der Waals surface area (Å²) < 4.78 is 7.67. The highest BCUT2D eigenvalue weighted by Gasteiger charge is 2.37. The van der Waals surface area contributed by atoms with Gasteiger partial charge in [-0.2, -0.15) is 5.10 Å². The molecular weight excluding hydrogens is 400 g/mol. The minimum atomic E-state index is -0.0429. The molecule has 0 spiro atoms. The second-order valence-corrected chi connectivity index (χ2v) is 8.47. The Balaban J connectivity index is 0.00000256. The monoisotopic (exact) mass is 432 g/mol. The van der Waals surface area contributed by atoms with Crippen LogP contribution in [-0.4, -0.2) is 59.5 Å². The van der Waals surface area contributed by atoms with Crippen molar-refractivity contribution < 1.29 is 9.53 Å². The molecule has 1 unspecified atom stereocenters. The summed E-state index contributed by atoms with van der Waals surface area (Å²) in [6.07, 6.45) is 7.11. The molecule has 2 aliphatic heterocycles. The maximum absolute atomic E-state index is 13.6. The van der Waals surface area contributed by atoms with Crippen LogP contribution in [0.4, 0.5) is 0 Å². The first kappa shape index (κ1) is 22.8. The van der Waals surface area contributed by atoms with Crippen molar-refractivity contribution in [2.75, 3.05) is 32.8 Å². The molecule has 2 aromatic rings. The molecule has 0 saturated carbocycles. The average Bonchev–Trinajstić information content (AvgIpc) is 3.47. The molecular formula is C23H33ClN4O2. The van der Waals surface area contributed by atoms with Crippen molar-refractivity contribution in [2.45, 2.75) is 38.2 Å². The first-order chi connectivity index (χ1) is 14.1. The molecule has 2 saturated heterocycles. The van der Waals surface area contributed by atoms with Gasteiger partial charge in [-0.15, -0.1) is 12.4 Å². The zero-order chi connectivity index (χ0) is 20.2. The molecule has 7 heteroatoms. The Morgan fingerprint density at radius 2 is 2.10 bits per heavy atom. The molecule has 0 radical (unpaired) electrons. The molecule has 1 amide bonds. The fourth-order valence-electron chi connectivity index (χ4n) is 4.50. The van der Waals surface area contributed by atoms with E-state index in [4.69, 9.17) is 4.74 Å². The number of rotatable bonds is 7. The van der Waals surface area contributed by atoms with Crippen LogP contribution in [0, 0.1) is 12.8 Å². The average molecular weight is 433 g/mol. The fourth-order valence-corrected chi connectivity index (χ4v) is 4.50. The highest BCUT2D eigenvalue weighted by atomic mass is 35.5. The number of nitrogens with one attached hydrogen (secondary N) is 1. The standard InChI is InChI=1S/C23H32N4O2.ClH/c1-17-5-7-18(8-6-17)9-10-27(16-20-4-3-11-29-20)23(28)22-14-24-13-21(22)19-12-25-26(2)15-19;/h5-8,12,15,20-22,24H,3-4,9-11,13-14,16H2,1-2H3;1H/t20?,21-,22+;/m1./s1. The molecule has 1 aromatic carbocycles. The Hall–Kier alpha value is -1.89. The zero-order valence-corrected chi connectivity index (χ0v) is 18.7. The molecule has 3 atom stereocenters. The molecule has 6 nitrogen and oxygen atoms in total. The number of aromatic nitrogens is 2. The van der Waals surface area contributed by atoms with E-state index >= 15 is 0 Å². The minimum absolute atomic E-state index is 0. The van der Waals surface area contributed by atoms with Crippen LogP contribution in [-0.2, 0) is 23.0 Å². The van der Waals surface area contributed by atoms with Crippen LogP contribution < -0.4 is 5.32 Å². The van der Waals surface area contributed by atoms with Crippen molar-refractivity contribution in [3.63, 3.8) is 0 Å². The number of benzene rings is 1. The quantitative estimate of drug-likeness (QED) is 0.730. The van der Waals surface area contributed by atoms with E-state index in [1.54, 1.807) is 0 Å². The molecule has 164 valence electrons. The van der Waals surface area contributed by atoms with Gasteiger partial charge in [0.15, 0.2) is 0 Å². The number of aryl methyl sites for hydroxylation is 2. The van der Waals surface area contributed by atoms with Gasteiger partial charge in [-0.25, -0.2) is 0 Å². The minimum Gasteiger partial charge on any atom is -0.376 e. The van der Waals surface area contributed by atoms with E-state index in [0.717, 1.165) is 51.1 Å². The van der Waals surface area contributed by atoms with E-state index < -0.39 is 0 Å². The maximum Gasteiger partial charge on any atom is 0.227 e. The maximum atomic E-state index is 13.6. The van der Waals surface area contributed by atoms with Gasteiger partial charge in [0.1, 0.15) is 0 Å². The van der Waals surface area contributed by atoms with Crippen molar-refractivity contribution in [1.82, 2.24) is 20.0 Å². The highest BCUT2D eigenvalue weighted by Crippen LogP contribution is 2.30. The largest absolute Gasteiger partial charge is 0.376 e. The van der Waals surface area contributed by atoms with Crippen LogP contribution in [0.3, 0.4) is 0 Å². The van der Waals surface area contributed by atoms with Gasteiger partial charge in [0.2, 0.25) is 5.91 Å². The van der Waals surface area contributed by atoms with Crippen LogP contribution in [0.15, 0.2) is 36.7 Å². The number of carbonyl (C=O) groups is 1. The first-order valence-corrected chi connectivity index (χ1v) is 10.8. The third-order valence-electron chi connectivity index (χ3n) is 6.24. The van der Waals surface area contributed by atoms with Crippen LogP contribution >= 0.6 is 12.4 Å². The zero-order valence-electron chi connectivity index (χ0n) is 17.9. The smallest absolute Gasteiger partial charge is 0.227 e. The van der Waals surface area contributed by atoms with Crippen molar-refractivity contribution in [2.24, 2.45) is 13.0 Å². The number of hydrogen-bond donors (Lipinski definition) is 1. The fraction of sp³-hybridized carbons (Fsp3) is 0.565. The summed E-state index contributed by atoms with van der Waals surface area (Å²) in [5, 5.41) is 7.73. The van der Waals surface area contributed by atoms with Gasteiger partial charge in [0, 0.05) is 51.9 Å². The predicted molar refractivity (Wildman–Crippen MR) is 120 cm³/mol. The first-order valence-electron chi connectivity index (χ1n) is 10.8. The Labute approximate surface area is 185 Å². The summed E-state index contributed by atoms with van der Waals surface area (Å²) in [4.78, 5) is 15.7. The summed E-state index contributed by atoms with van der Waals surface area (Å²) in [6, 6.07) is 8.61. The number of amides is 1. The van der Waals surface area contributed by atoms with Crippen molar-refractivity contribution in [1.29, 1.82) is 0 Å². The lowest BCUT2D eigenvalue weighted by molar-refractivity contribution is -0.137. The van der Waals surface area contributed by atoms with E-state index in [1.165, 1.54) is 11.1 Å².